The van der Waals surface area contributed by atoms with Crippen LogP contribution in [0, 0.1) is 0 Å². The van der Waals surface area contributed by atoms with E-state index < -0.39 is 11.5 Å². The second-order valence-corrected chi connectivity index (χ2v) is 7.32. The molecule has 1 saturated carbocycles. The van der Waals surface area contributed by atoms with Crippen molar-refractivity contribution in [3.05, 3.63) is 0 Å². The maximum Gasteiger partial charge on any atom is 0.323 e. The Morgan fingerprint density at radius 2 is 1.95 bits per heavy atom. The summed E-state index contributed by atoms with van der Waals surface area (Å²) in [4.78, 5) is 24.4. The van der Waals surface area contributed by atoms with Gasteiger partial charge < -0.3 is 15.3 Å². The molecule has 0 aromatic rings. The topological polar surface area (TPSA) is 69.6 Å². The fourth-order valence-electron chi connectivity index (χ4n) is 2.11. The second kappa shape index (κ2) is 6.03. The number of hydrogen-bond acceptors (Lipinski definition) is 3. The van der Waals surface area contributed by atoms with Crippen LogP contribution in [0.1, 0.15) is 40.0 Å². The minimum Gasteiger partial charge on any atom is -0.480 e. The lowest BCUT2D eigenvalue weighted by Crippen LogP contribution is -2.55. The van der Waals surface area contributed by atoms with E-state index in [0.29, 0.717) is 6.54 Å². The molecule has 1 aliphatic carbocycles. The molecule has 0 heterocycles. The van der Waals surface area contributed by atoms with Crippen molar-refractivity contribution < 1.29 is 14.7 Å². The van der Waals surface area contributed by atoms with Gasteiger partial charge in [-0.15, -0.1) is 0 Å². The molecule has 5 nitrogen and oxygen atoms in total. The number of carbonyl (C=O) groups excluding carboxylic acids is 1. The number of nitrogens with zero attached hydrogens (tertiary/aromatic N) is 1. The van der Waals surface area contributed by atoms with Gasteiger partial charge in [0.05, 0.1) is 0 Å². The summed E-state index contributed by atoms with van der Waals surface area (Å²) in [5.74, 6) is -0.992. The quantitative estimate of drug-likeness (QED) is 0.813. The van der Waals surface area contributed by atoms with E-state index in [2.05, 4.69) is 11.6 Å². The van der Waals surface area contributed by atoms with Gasteiger partial charge in [0.1, 0.15) is 6.54 Å². The number of urea groups is 1. The zero-order valence-corrected chi connectivity index (χ0v) is 13.0. The van der Waals surface area contributed by atoms with E-state index in [9.17, 15) is 9.59 Å². The molecule has 2 N–H and O–H groups in total. The predicted octanol–water partition coefficient (Wildman–Crippen LogP) is 2.17. The highest BCUT2D eigenvalue weighted by atomic mass is 32.2. The Morgan fingerprint density at radius 3 is 2.26 bits per heavy atom. The SMILES string of the molecule is CSC1(CNC(=O)N(CC(=O)O)C(C)(C)C)CCC1. The molecule has 0 spiro atoms. The molecule has 0 aromatic carbocycles. The number of carboxylic acid groups (broad SMARTS) is 1. The third-order valence-corrected chi connectivity index (χ3v) is 5.03. The number of hydrogen-bond donors (Lipinski definition) is 2. The average molecular weight is 288 g/mol. The Kier molecular flexibility index (Phi) is 5.12. The highest BCUT2D eigenvalue weighted by Crippen LogP contribution is 2.42. The fourth-order valence-corrected chi connectivity index (χ4v) is 3.02. The van der Waals surface area contributed by atoms with Crippen LogP contribution in [0.15, 0.2) is 0 Å². The molecule has 0 unspecified atom stereocenters. The fraction of sp³-hybridized carbons (Fsp3) is 0.846. The first-order valence-electron chi connectivity index (χ1n) is 6.53. The second-order valence-electron chi connectivity index (χ2n) is 6.05. The first kappa shape index (κ1) is 16.1. The lowest BCUT2D eigenvalue weighted by atomic mass is 9.84. The smallest absolute Gasteiger partial charge is 0.323 e. The minimum atomic E-state index is -0.992. The van der Waals surface area contributed by atoms with E-state index in [1.807, 2.05) is 20.8 Å². The normalized spacial score (nSPS) is 17.5. The molecule has 0 radical (unpaired) electrons. The van der Waals surface area contributed by atoms with Gasteiger partial charge in [-0.3, -0.25) is 4.79 Å². The van der Waals surface area contributed by atoms with Gasteiger partial charge in [-0.2, -0.15) is 11.8 Å². The number of carboxylic acids is 1. The molecule has 6 heteroatoms. The third kappa shape index (κ3) is 4.30. The first-order valence-corrected chi connectivity index (χ1v) is 7.75. The van der Waals surface area contributed by atoms with Gasteiger partial charge >= 0.3 is 12.0 Å². The van der Waals surface area contributed by atoms with Gasteiger partial charge in [0.15, 0.2) is 0 Å². The van der Waals surface area contributed by atoms with E-state index in [1.165, 1.54) is 11.3 Å². The van der Waals surface area contributed by atoms with Crippen LogP contribution >= 0.6 is 11.8 Å². The summed E-state index contributed by atoms with van der Waals surface area (Å²) in [5.41, 5.74) is -0.505. The molecule has 1 aliphatic rings. The van der Waals surface area contributed by atoms with E-state index in [1.54, 1.807) is 11.8 Å². The summed E-state index contributed by atoms with van der Waals surface area (Å²) in [6.45, 7) is 5.84. The standard InChI is InChI=1S/C13H24N2O3S/c1-12(2,3)15(8-10(16)17)11(18)14-9-13(19-4)6-5-7-13/h5-9H2,1-4H3,(H,14,18)(H,16,17). The molecule has 0 bridgehead atoms. The van der Waals surface area contributed by atoms with Crippen LogP contribution in [-0.4, -0.2) is 51.6 Å². The number of rotatable bonds is 5. The van der Waals surface area contributed by atoms with E-state index in [-0.39, 0.29) is 17.3 Å². The monoisotopic (exact) mass is 288 g/mol. The van der Waals surface area contributed by atoms with Gasteiger partial charge in [0.2, 0.25) is 0 Å². The molecule has 1 fully saturated rings. The third-order valence-electron chi connectivity index (χ3n) is 3.61. The zero-order valence-electron chi connectivity index (χ0n) is 12.2. The summed E-state index contributed by atoms with van der Waals surface area (Å²) >= 11 is 1.78. The lowest BCUT2D eigenvalue weighted by Gasteiger charge is -2.42. The minimum absolute atomic E-state index is 0.155. The zero-order chi connectivity index (χ0) is 14.7. The number of carbonyl (C=O) groups is 2. The van der Waals surface area contributed by atoms with Gasteiger partial charge in [0.25, 0.3) is 0 Å². The highest BCUT2D eigenvalue weighted by molar-refractivity contribution is 8.00. The summed E-state index contributed by atoms with van der Waals surface area (Å²) < 4.78 is 0.155. The van der Waals surface area contributed by atoms with Gasteiger partial charge in [-0.25, -0.2) is 4.79 Å². The largest absolute Gasteiger partial charge is 0.480 e. The average Bonchev–Trinajstić information content (AvgIpc) is 2.23. The number of nitrogens with one attached hydrogen (secondary N) is 1. The van der Waals surface area contributed by atoms with Crippen LogP contribution < -0.4 is 5.32 Å². The molecular weight excluding hydrogens is 264 g/mol. The summed E-state index contributed by atoms with van der Waals surface area (Å²) in [5, 5.41) is 11.8. The molecule has 1 rings (SSSR count). The summed E-state index contributed by atoms with van der Waals surface area (Å²) in [6, 6.07) is -0.296. The number of thioether (sulfide) groups is 1. The van der Waals surface area contributed by atoms with Crippen LogP contribution in [0.25, 0.3) is 0 Å². The summed E-state index contributed by atoms with van der Waals surface area (Å²) in [7, 11) is 0. The lowest BCUT2D eigenvalue weighted by molar-refractivity contribution is -0.138. The molecule has 0 atom stereocenters. The molecule has 0 saturated heterocycles. The maximum atomic E-state index is 12.2. The van der Waals surface area contributed by atoms with Crippen LogP contribution in [0.5, 0.6) is 0 Å². The molecule has 19 heavy (non-hydrogen) atoms. The highest BCUT2D eigenvalue weighted by Gasteiger charge is 2.37. The summed E-state index contributed by atoms with van der Waals surface area (Å²) in [6.07, 6.45) is 5.49. The van der Waals surface area contributed by atoms with Crippen molar-refractivity contribution in [2.24, 2.45) is 0 Å². The van der Waals surface area contributed by atoms with Crippen molar-refractivity contribution in [1.82, 2.24) is 10.2 Å². The van der Waals surface area contributed by atoms with Crippen molar-refractivity contribution in [3.63, 3.8) is 0 Å². The van der Waals surface area contributed by atoms with E-state index in [4.69, 9.17) is 5.11 Å². The van der Waals surface area contributed by atoms with Crippen molar-refractivity contribution >= 4 is 23.8 Å². The molecule has 0 aromatic heterocycles. The Morgan fingerprint density at radius 1 is 1.37 bits per heavy atom. The van der Waals surface area contributed by atoms with Gasteiger partial charge in [-0.05, 0) is 39.9 Å². The van der Waals surface area contributed by atoms with Crippen LogP contribution in [0.3, 0.4) is 0 Å². The van der Waals surface area contributed by atoms with Crippen molar-refractivity contribution in [2.45, 2.75) is 50.3 Å². The maximum absolute atomic E-state index is 12.2. The Bertz CT molecular complexity index is 343. The van der Waals surface area contributed by atoms with Crippen molar-refractivity contribution in [3.8, 4) is 0 Å². The van der Waals surface area contributed by atoms with Gasteiger partial charge in [0, 0.05) is 16.8 Å². The Hall–Kier alpha value is -0.910. The number of amides is 2. The molecule has 2 amide bonds. The molecule has 110 valence electrons. The van der Waals surface area contributed by atoms with Crippen LogP contribution in [-0.2, 0) is 4.79 Å². The van der Waals surface area contributed by atoms with Crippen molar-refractivity contribution in [1.29, 1.82) is 0 Å². The van der Waals surface area contributed by atoms with E-state index >= 15 is 0 Å². The van der Waals surface area contributed by atoms with Crippen LogP contribution in [0.2, 0.25) is 0 Å². The molecule has 0 aliphatic heterocycles. The number of aliphatic carboxylic acids is 1. The van der Waals surface area contributed by atoms with Gasteiger partial charge in [-0.1, -0.05) is 6.42 Å². The van der Waals surface area contributed by atoms with E-state index in [0.717, 1.165) is 12.8 Å². The molecular formula is C13H24N2O3S. The van der Waals surface area contributed by atoms with Crippen molar-refractivity contribution in [2.75, 3.05) is 19.3 Å². The predicted molar refractivity (Wildman–Crippen MR) is 77.6 cm³/mol. The first-order chi connectivity index (χ1) is 8.70. The Balaban J connectivity index is 2.59. The Labute approximate surface area is 119 Å². The van der Waals surface area contributed by atoms with Crippen LogP contribution in [0.4, 0.5) is 4.79 Å².